The smallest absolute Gasteiger partial charge is 0.301 e. The number of anilines is 1. The van der Waals surface area contributed by atoms with Gasteiger partial charge in [0.15, 0.2) is 15.6 Å². The Balaban J connectivity index is 2.17. The first kappa shape index (κ1) is 19.1. The molecule has 0 spiro atoms. The van der Waals surface area contributed by atoms with Crippen LogP contribution in [0.3, 0.4) is 0 Å². The lowest BCUT2D eigenvalue weighted by atomic mass is 10.2. The fourth-order valence-electron chi connectivity index (χ4n) is 2.05. The molecule has 0 aliphatic carbocycles. The highest BCUT2D eigenvalue weighted by Crippen LogP contribution is 2.32. The molecule has 2 heterocycles. The van der Waals surface area contributed by atoms with Crippen molar-refractivity contribution in [1.29, 1.82) is 0 Å². The maximum absolute atomic E-state index is 13.2. The molecule has 24 heavy (non-hydrogen) atoms. The second-order valence-electron chi connectivity index (χ2n) is 5.75. The molecule has 1 N–H and O–H groups in total. The van der Waals surface area contributed by atoms with Crippen LogP contribution >= 0.6 is 11.3 Å². The van der Waals surface area contributed by atoms with Gasteiger partial charge >= 0.3 is 6.18 Å². The van der Waals surface area contributed by atoms with E-state index < -0.39 is 38.7 Å². The highest BCUT2D eigenvalue weighted by molar-refractivity contribution is 7.91. The summed E-state index contributed by atoms with van der Waals surface area (Å²) in [6.45, 7) is 1.84. The maximum atomic E-state index is 13.2. The number of halogens is 4. The zero-order valence-electron chi connectivity index (χ0n) is 12.7. The van der Waals surface area contributed by atoms with Crippen LogP contribution in [0.25, 0.3) is 0 Å². The number of hydrogen-bond acceptors (Lipinski definition) is 5. The van der Waals surface area contributed by atoms with E-state index in [-0.39, 0.29) is 24.6 Å². The van der Waals surface area contributed by atoms with Crippen LogP contribution in [0.4, 0.5) is 22.7 Å². The molecule has 1 aliphatic rings. The van der Waals surface area contributed by atoms with Gasteiger partial charge in [-0.25, -0.2) is 17.8 Å². The van der Waals surface area contributed by atoms with Gasteiger partial charge in [0, 0.05) is 18.5 Å². The van der Waals surface area contributed by atoms with E-state index in [2.05, 4.69) is 10.3 Å². The Hall–Kier alpha value is -1.27. The van der Waals surface area contributed by atoms with Crippen molar-refractivity contribution in [2.45, 2.75) is 37.4 Å². The van der Waals surface area contributed by atoms with Gasteiger partial charge in [-0.2, -0.15) is 17.5 Å². The zero-order chi connectivity index (χ0) is 18.3. The van der Waals surface area contributed by atoms with Crippen molar-refractivity contribution in [1.82, 2.24) is 9.29 Å². The van der Waals surface area contributed by atoms with Crippen LogP contribution in [0.5, 0.6) is 0 Å². The van der Waals surface area contributed by atoms with Gasteiger partial charge in [-0.05, 0) is 20.3 Å². The van der Waals surface area contributed by atoms with Crippen molar-refractivity contribution in [2.24, 2.45) is 0 Å². The van der Waals surface area contributed by atoms with Crippen molar-refractivity contribution in [3.05, 3.63) is 11.1 Å². The van der Waals surface area contributed by atoms with Crippen molar-refractivity contribution in [3.63, 3.8) is 0 Å². The van der Waals surface area contributed by atoms with Crippen LogP contribution in [0.15, 0.2) is 5.38 Å². The molecule has 0 unspecified atom stereocenters. The lowest BCUT2D eigenvalue weighted by Gasteiger charge is -2.28. The highest BCUT2D eigenvalue weighted by atomic mass is 32.2. The van der Waals surface area contributed by atoms with Gasteiger partial charge in [0.05, 0.1) is 0 Å². The largest absolute Gasteiger partial charge is 0.434 e. The number of sulfonamides is 1. The lowest BCUT2D eigenvalue weighted by molar-refractivity contribution is -0.140. The van der Waals surface area contributed by atoms with Gasteiger partial charge in [0.2, 0.25) is 15.9 Å². The van der Waals surface area contributed by atoms with E-state index >= 15 is 0 Å². The summed E-state index contributed by atoms with van der Waals surface area (Å²) in [6.07, 6.45) is -5.92. The SMILES string of the molecule is CC(C)(C(=O)Nc1nc(C(F)(F)F)cs1)S(=O)(=O)N1CC[C@@H](F)C1. The fourth-order valence-corrected chi connectivity index (χ4v) is 4.40. The van der Waals surface area contributed by atoms with Gasteiger partial charge in [0.25, 0.3) is 0 Å². The van der Waals surface area contributed by atoms with Crippen LogP contribution < -0.4 is 5.32 Å². The van der Waals surface area contributed by atoms with Crippen LogP contribution in [0, 0.1) is 0 Å². The van der Waals surface area contributed by atoms with Crippen LogP contribution in [0.1, 0.15) is 26.0 Å². The number of alkyl halides is 4. The number of hydrogen-bond donors (Lipinski definition) is 1. The average molecular weight is 389 g/mol. The van der Waals surface area contributed by atoms with Crippen molar-refractivity contribution in [3.8, 4) is 0 Å². The summed E-state index contributed by atoms with van der Waals surface area (Å²) in [4.78, 5) is 15.5. The Kier molecular flexibility index (Phi) is 4.94. The van der Waals surface area contributed by atoms with E-state index in [1.54, 1.807) is 0 Å². The first-order chi connectivity index (χ1) is 10.9. The summed E-state index contributed by atoms with van der Waals surface area (Å²) in [5.41, 5.74) is -1.18. The van der Waals surface area contributed by atoms with E-state index in [1.165, 1.54) is 0 Å². The summed E-state index contributed by atoms with van der Waals surface area (Å²) in [5.74, 6) is -1.03. The van der Waals surface area contributed by atoms with Crippen molar-refractivity contribution >= 4 is 32.4 Å². The van der Waals surface area contributed by atoms with Crippen molar-refractivity contribution < 1.29 is 30.8 Å². The minimum absolute atomic E-state index is 0.0400. The lowest BCUT2D eigenvalue weighted by Crippen LogP contribution is -2.51. The quantitative estimate of drug-likeness (QED) is 0.801. The summed E-state index contributed by atoms with van der Waals surface area (Å²) >= 11 is 0.533. The molecular weight excluding hydrogens is 374 g/mol. The highest BCUT2D eigenvalue weighted by Gasteiger charge is 2.48. The molecule has 136 valence electrons. The Bertz CT molecular complexity index is 730. The van der Waals surface area contributed by atoms with E-state index in [4.69, 9.17) is 0 Å². The van der Waals surface area contributed by atoms with Gasteiger partial charge in [0.1, 0.15) is 6.17 Å². The fraction of sp³-hybridized carbons (Fsp3) is 0.667. The molecule has 0 radical (unpaired) electrons. The predicted molar refractivity (Wildman–Crippen MR) is 79.8 cm³/mol. The summed E-state index contributed by atoms with van der Waals surface area (Å²) < 4.78 is 74.6. The number of nitrogens with one attached hydrogen (secondary N) is 1. The normalized spacial score (nSPS) is 20.3. The van der Waals surface area contributed by atoms with Gasteiger partial charge in [-0.15, -0.1) is 11.3 Å². The third kappa shape index (κ3) is 3.54. The third-order valence-corrected chi connectivity index (χ3v) is 6.88. The molecular formula is C12H15F4N3O3S2. The van der Waals surface area contributed by atoms with Crippen LogP contribution in [-0.2, 0) is 21.0 Å². The molecule has 1 saturated heterocycles. The molecule has 6 nitrogen and oxygen atoms in total. The Morgan fingerprint density at radius 3 is 2.50 bits per heavy atom. The van der Waals surface area contributed by atoms with Crippen molar-refractivity contribution in [2.75, 3.05) is 18.4 Å². The summed E-state index contributed by atoms with van der Waals surface area (Å²) in [7, 11) is -4.18. The zero-order valence-corrected chi connectivity index (χ0v) is 14.4. The molecule has 12 heteroatoms. The van der Waals surface area contributed by atoms with Gasteiger partial charge in [-0.3, -0.25) is 4.79 Å². The Labute approximate surface area is 139 Å². The van der Waals surface area contributed by atoms with Crippen LogP contribution in [0.2, 0.25) is 0 Å². The Morgan fingerprint density at radius 2 is 2.04 bits per heavy atom. The van der Waals surface area contributed by atoms with Crippen LogP contribution in [-0.4, -0.2) is 47.6 Å². The number of rotatable bonds is 4. The first-order valence-corrected chi connectivity index (χ1v) is 9.15. The van der Waals surface area contributed by atoms with E-state index in [0.29, 0.717) is 16.7 Å². The molecule has 1 aliphatic heterocycles. The number of carbonyl (C=O) groups excluding carboxylic acids is 1. The molecule has 1 amide bonds. The number of aromatic nitrogens is 1. The van der Waals surface area contributed by atoms with E-state index in [9.17, 15) is 30.8 Å². The molecule has 2 rings (SSSR count). The second-order valence-corrected chi connectivity index (χ2v) is 9.09. The first-order valence-electron chi connectivity index (χ1n) is 6.83. The average Bonchev–Trinajstić information content (AvgIpc) is 3.07. The third-order valence-electron chi connectivity index (χ3n) is 3.64. The molecule has 0 aromatic carbocycles. The number of thiazole rings is 1. The predicted octanol–water partition coefficient (Wildman–Crippen LogP) is 2.25. The molecule has 1 aromatic rings. The topological polar surface area (TPSA) is 79.4 Å². The molecule has 1 aromatic heterocycles. The summed E-state index contributed by atoms with van der Waals surface area (Å²) in [5, 5.41) is 2.44. The molecule has 0 bridgehead atoms. The van der Waals surface area contributed by atoms with Gasteiger partial charge < -0.3 is 5.32 Å². The standard InChI is InChI=1S/C12H15F4N3O3S2/c1-11(2,24(21,22)19-4-3-7(13)5-19)9(20)18-10-17-8(6-23-10)12(14,15)16/h6-7H,3-5H2,1-2H3,(H,17,18,20)/t7-/m1/s1. The minimum Gasteiger partial charge on any atom is -0.301 e. The maximum Gasteiger partial charge on any atom is 0.434 e. The van der Waals surface area contributed by atoms with Gasteiger partial charge in [-0.1, -0.05) is 0 Å². The monoisotopic (exact) mass is 389 g/mol. The van der Waals surface area contributed by atoms with E-state index in [0.717, 1.165) is 18.2 Å². The van der Waals surface area contributed by atoms with E-state index in [1.807, 2.05) is 0 Å². The number of amides is 1. The number of carbonyl (C=O) groups is 1. The second kappa shape index (κ2) is 6.23. The Morgan fingerprint density at radius 1 is 1.42 bits per heavy atom. The molecule has 0 saturated carbocycles. The number of nitrogens with zero attached hydrogens (tertiary/aromatic N) is 2. The minimum atomic E-state index is -4.66. The molecule has 1 atom stereocenters. The molecule has 1 fully saturated rings. The summed E-state index contributed by atoms with van der Waals surface area (Å²) in [6, 6.07) is 0.